The first-order valence-corrected chi connectivity index (χ1v) is 9.82. The second-order valence-electron chi connectivity index (χ2n) is 6.70. The summed E-state index contributed by atoms with van der Waals surface area (Å²) in [5.74, 6) is 1.63. The highest BCUT2D eigenvalue weighted by Crippen LogP contribution is 2.28. The number of rotatable bonds is 4. The van der Waals surface area contributed by atoms with E-state index in [9.17, 15) is 0 Å². The van der Waals surface area contributed by atoms with Crippen LogP contribution >= 0.6 is 11.3 Å². The Morgan fingerprint density at radius 3 is 3.08 bits per heavy atom. The molecule has 2 fully saturated rings. The summed E-state index contributed by atoms with van der Waals surface area (Å²) in [5.41, 5.74) is 1.23. The lowest BCUT2D eigenvalue weighted by atomic mass is 10.1. The average molecular weight is 360 g/mol. The molecule has 134 valence electrons. The van der Waals surface area contributed by atoms with Crippen molar-refractivity contribution in [2.45, 2.75) is 38.0 Å². The number of anilines is 2. The van der Waals surface area contributed by atoms with Gasteiger partial charge in [0.15, 0.2) is 0 Å². The predicted molar refractivity (Wildman–Crippen MR) is 99.3 cm³/mol. The van der Waals surface area contributed by atoms with E-state index in [1.165, 1.54) is 5.56 Å². The molecular weight excluding hydrogens is 336 g/mol. The Labute approximate surface area is 152 Å². The van der Waals surface area contributed by atoms with Gasteiger partial charge in [0.05, 0.1) is 25.3 Å². The van der Waals surface area contributed by atoms with Crippen molar-refractivity contribution in [3.8, 4) is 0 Å². The first kappa shape index (κ1) is 16.8. The maximum Gasteiger partial charge on any atom is 0.227 e. The molecule has 2 aliphatic heterocycles. The molecule has 0 aromatic carbocycles. The third-order valence-electron chi connectivity index (χ3n) is 4.61. The molecule has 3 unspecified atom stereocenters. The Hall–Kier alpha value is -1.70. The van der Waals surface area contributed by atoms with E-state index >= 15 is 0 Å². The summed E-state index contributed by atoms with van der Waals surface area (Å²) in [6, 6.07) is 4.39. The molecule has 4 heterocycles. The van der Waals surface area contributed by atoms with Gasteiger partial charge in [-0.2, -0.15) is 16.3 Å². The number of aromatic nitrogens is 2. The Kier molecular flexibility index (Phi) is 5.14. The SMILES string of the molecule is CC1CN(c2nccc(NC3CCCOC3)n2)CC(c2ccsc2)O1. The second kappa shape index (κ2) is 7.68. The van der Waals surface area contributed by atoms with Crippen molar-refractivity contribution in [2.75, 3.05) is 36.5 Å². The number of nitrogens with zero attached hydrogens (tertiary/aromatic N) is 3. The molecule has 3 atom stereocenters. The molecule has 2 aromatic rings. The van der Waals surface area contributed by atoms with Crippen molar-refractivity contribution in [3.63, 3.8) is 0 Å². The first-order valence-electron chi connectivity index (χ1n) is 8.88. The minimum atomic E-state index is 0.0713. The maximum atomic E-state index is 6.11. The summed E-state index contributed by atoms with van der Waals surface area (Å²) in [7, 11) is 0. The molecule has 25 heavy (non-hydrogen) atoms. The van der Waals surface area contributed by atoms with E-state index in [1.54, 1.807) is 11.3 Å². The second-order valence-corrected chi connectivity index (χ2v) is 7.48. The monoisotopic (exact) mass is 360 g/mol. The third-order valence-corrected chi connectivity index (χ3v) is 5.31. The van der Waals surface area contributed by atoms with Crippen LogP contribution in [0.25, 0.3) is 0 Å². The van der Waals surface area contributed by atoms with Crippen LogP contribution in [0.5, 0.6) is 0 Å². The zero-order chi connectivity index (χ0) is 17.1. The highest BCUT2D eigenvalue weighted by atomic mass is 32.1. The van der Waals surface area contributed by atoms with E-state index in [2.05, 4.69) is 39.0 Å². The van der Waals surface area contributed by atoms with Gasteiger partial charge >= 0.3 is 0 Å². The Bertz CT molecular complexity index is 675. The van der Waals surface area contributed by atoms with Crippen molar-refractivity contribution in [3.05, 3.63) is 34.7 Å². The molecule has 0 spiro atoms. The smallest absolute Gasteiger partial charge is 0.227 e. The third kappa shape index (κ3) is 4.11. The number of ether oxygens (including phenoxy) is 2. The van der Waals surface area contributed by atoms with E-state index in [1.807, 2.05) is 12.3 Å². The quantitative estimate of drug-likeness (QED) is 0.904. The molecule has 2 saturated heterocycles. The summed E-state index contributed by atoms with van der Waals surface area (Å²) in [6.07, 6.45) is 4.26. The summed E-state index contributed by atoms with van der Waals surface area (Å²) >= 11 is 1.70. The van der Waals surface area contributed by atoms with Crippen molar-refractivity contribution in [2.24, 2.45) is 0 Å². The topological polar surface area (TPSA) is 59.5 Å². The van der Waals surface area contributed by atoms with E-state index < -0.39 is 0 Å². The lowest BCUT2D eigenvalue weighted by Crippen LogP contribution is -2.43. The van der Waals surface area contributed by atoms with Crippen LogP contribution in [-0.4, -0.2) is 48.4 Å². The van der Waals surface area contributed by atoms with Gasteiger partial charge in [-0.15, -0.1) is 0 Å². The number of hydrogen-bond donors (Lipinski definition) is 1. The fourth-order valence-electron chi connectivity index (χ4n) is 3.40. The minimum absolute atomic E-state index is 0.0713. The summed E-state index contributed by atoms with van der Waals surface area (Å²) in [4.78, 5) is 11.5. The van der Waals surface area contributed by atoms with E-state index in [4.69, 9.17) is 14.5 Å². The van der Waals surface area contributed by atoms with Crippen LogP contribution in [0.2, 0.25) is 0 Å². The van der Waals surface area contributed by atoms with Gasteiger partial charge in [-0.05, 0) is 48.2 Å². The molecule has 2 aliphatic rings. The van der Waals surface area contributed by atoms with Crippen LogP contribution in [-0.2, 0) is 9.47 Å². The molecule has 4 rings (SSSR count). The summed E-state index contributed by atoms with van der Waals surface area (Å²) in [5, 5.41) is 7.73. The summed E-state index contributed by atoms with van der Waals surface area (Å²) < 4.78 is 11.6. The highest BCUT2D eigenvalue weighted by molar-refractivity contribution is 7.07. The van der Waals surface area contributed by atoms with Crippen LogP contribution in [0.15, 0.2) is 29.1 Å². The Balaban J connectivity index is 1.47. The van der Waals surface area contributed by atoms with Gasteiger partial charge in [-0.1, -0.05) is 0 Å². The fourth-order valence-corrected chi connectivity index (χ4v) is 4.10. The molecular formula is C18H24N4O2S. The first-order chi connectivity index (χ1) is 12.3. The van der Waals surface area contributed by atoms with Gasteiger partial charge in [0.2, 0.25) is 5.95 Å². The maximum absolute atomic E-state index is 6.11. The van der Waals surface area contributed by atoms with E-state index in [0.717, 1.165) is 50.9 Å². The lowest BCUT2D eigenvalue weighted by molar-refractivity contribution is -0.0176. The predicted octanol–water partition coefficient (Wildman–Crippen LogP) is 3.10. The van der Waals surface area contributed by atoms with Crippen molar-refractivity contribution >= 4 is 23.1 Å². The van der Waals surface area contributed by atoms with Crippen molar-refractivity contribution < 1.29 is 9.47 Å². The molecule has 0 aliphatic carbocycles. The average Bonchev–Trinajstić information content (AvgIpc) is 3.17. The number of nitrogens with one attached hydrogen (secondary N) is 1. The van der Waals surface area contributed by atoms with Gasteiger partial charge in [0, 0.05) is 19.3 Å². The van der Waals surface area contributed by atoms with Crippen molar-refractivity contribution in [1.82, 2.24) is 9.97 Å². The van der Waals surface area contributed by atoms with Crippen LogP contribution in [0.4, 0.5) is 11.8 Å². The van der Waals surface area contributed by atoms with Gasteiger partial charge in [-0.25, -0.2) is 4.98 Å². The molecule has 7 heteroatoms. The largest absolute Gasteiger partial charge is 0.379 e. The molecule has 0 bridgehead atoms. The van der Waals surface area contributed by atoms with Gasteiger partial charge in [-0.3, -0.25) is 0 Å². The van der Waals surface area contributed by atoms with Crippen LogP contribution < -0.4 is 10.2 Å². The van der Waals surface area contributed by atoms with Crippen LogP contribution in [0.1, 0.15) is 31.4 Å². The normalized spacial score (nSPS) is 27.2. The van der Waals surface area contributed by atoms with Gasteiger partial charge in [0.25, 0.3) is 0 Å². The fraction of sp³-hybridized carbons (Fsp3) is 0.556. The molecule has 0 radical (unpaired) electrons. The van der Waals surface area contributed by atoms with Crippen LogP contribution in [0.3, 0.4) is 0 Å². The van der Waals surface area contributed by atoms with Gasteiger partial charge in [0.1, 0.15) is 11.9 Å². The number of hydrogen-bond acceptors (Lipinski definition) is 7. The standard InChI is InChI=1S/C18H24N4O2S/c1-13-9-22(10-16(24-13)14-5-8-25-12-14)18-19-6-4-17(21-18)20-15-3-2-7-23-11-15/h4-6,8,12-13,15-16H,2-3,7,9-11H2,1H3,(H,19,20,21). The molecule has 6 nitrogen and oxygen atoms in total. The van der Waals surface area contributed by atoms with Crippen molar-refractivity contribution in [1.29, 1.82) is 0 Å². The molecule has 2 aromatic heterocycles. The zero-order valence-corrected chi connectivity index (χ0v) is 15.2. The molecule has 0 amide bonds. The van der Waals surface area contributed by atoms with Gasteiger partial charge < -0.3 is 19.7 Å². The number of morpholine rings is 1. The van der Waals surface area contributed by atoms with Crippen LogP contribution in [0, 0.1) is 0 Å². The number of thiophene rings is 1. The Morgan fingerprint density at radius 2 is 2.28 bits per heavy atom. The zero-order valence-electron chi connectivity index (χ0n) is 14.4. The minimum Gasteiger partial charge on any atom is -0.379 e. The van der Waals surface area contributed by atoms with E-state index in [-0.39, 0.29) is 12.2 Å². The highest BCUT2D eigenvalue weighted by Gasteiger charge is 2.28. The molecule has 0 saturated carbocycles. The Morgan fingerprint density at radius 1 is 1.32 bits per heavy atom. The summed E-state index contributed by atoms with van der Waals surface area (Å²) in [6.45, 7) is 5.29. The van der Waals surface area contributed by atoms with E-state index in [0.29, 0.717) is 6.04 Å². The lowest BCUT2D eigenvalue weighted by Gasteiger charge is -2.36. The molecule has 1 N–H and O–H groups in total.